The number of benzene rings is 2. The zero-order chi connectivity index (χ0) is 15.8. The van der Waals surface area contributed by atoms with Crippen molar-refractivity contribution in [2.24, 2.45) is 0 Å². The summed E-state index contributed by atoms with van der Waals surface area (Å²) in [6.45, 7) is 0. The SMILES string of the molecule is CSc1ccc2c(n1)c(=O)n(-c1ccccc1)c1ccccc21. The molecule has 0 N–H and O–H groups in total. The van der Waals surface area contributed by atoms with E-state index in [-0.39, 0.29) is 5.56 Å². The minimum Gasteiger partial charge on any atom is -0.275 e. The lowest BCUT2D eigenvalue weighted by Crippen LogP contribution is -2.20. The highest BCUT2D eigenvalue weighted by atomic mass is 32.2. The van der Waals surface area contributed by atoms with Crippen LogP contribution in [0.1, 0.15) is 0 Å². The van der Waals surface area contributed by atoms with Crippen LogP contribution in [-0.2, 0) is 0 Å². The van der Waals surface area contributed by atoms with Gasteiger partial charge < -0.3 is 0 Å². The highest BCUT2D eigenvalue weighted by Gasteiger charge is 2.13. The summed E-state index contributed by atoms with van der Waals surface area (Å²) in [6.07, 6.45) is 1.96. The molecule has 2 heterocycles. The summed E-state index contributed by atoms with van der Waals surface area (Å²) in [7, 11) is 0. The number of nitrogens with zero attached hydrogens (tertiary/aromatic N) is 2. The van der Waals surface area contributed by atoms with E-state index in [1.807, 2.05) is 73.0 Å². The van der Waals surface area contributed by atoms with Crippen LogP contribution < -0.4 is 5.56 Å². The summed E-state index contributed by atoms with van der Waals surface area (Å²) < 4.78 is 1.74. The van der Waals surface area contributed by atoms with Crippen molar-refractivity contribution in [3.05, 3.63) is 77.1 Å². The molecule has 23 heavy (non-hydrogen) atoms. The fourth-order valence-electron chi connectivity index (χ4n) is 2.88. The van der Waals surface area contributed by atoms with Gasteiger partial charge in [-0.15, -0.1) is 11.8 Å². The van der Waals surface area contributed by atoms with Gasteiger partial charge in [0.05, 0.1) is 10.5 Å². The zero-order valence-corrected chi connectivity index (χ0v) is 13.4. The van der Waals surface area contributed by atoms with Gasteiger partial charge in [-0.2, -0.15) is 0 Å². The van der Waals surface area contributed by atoms with Crippen molar-refractivity contribution in [2.45, 2.75) is 5.03 Å². The Morgan fingerprint density at radius 3 is 2.39 bits per heavy atom. The maximum Gasteiger partial charge on any atom is 0.282 e. The first-order valence-electron chi connectivity index (χ1n) is 7.33. The molecule has 0 aliphatic rings. The molecule has 0 saturated carbocycles. The molecule has 0 aliphatic carbocycles. The van der Waals surface area contributed by atoms with Gasteiger partial charge in [0.25, 0.3) is 5.56 Å². The Bertz CT molecular complexity index is 1070. The first-order valence-corrected chi connectivity index (χ1v) is 8.56. The van der Waals surface area contributed by atoms with E-state index in [4.69, 9.17) is 0 Å². The molecule has 2 aromatic heterocycles. The van der Waals surface area contributed by atoms with Crippen molar-refractivity contribution in [3.8, 4) is 5.69 Å². The van der Waals surface area contributed by atoms with Crippen LogP contribution >= 0.6 is 11.8 Å². The van der Waals surface area contributed by atoms with Crippen LogP contribution in [0, 0.1) is 0 Å². The fourth-order valence-corrected chi connectivity index (χ4v) is 3.27. The van der Waals surface area contributed by atoms with Crippen molar-refractivity contribution in [3.63, 3.8) is 0 Å². The summed E-state index contributed by atoms with van der Waals surface area (Å²) in [5, 5.41) is 2.78. The quantitative estimate of drug-likeness (QED) is 0.409. The molecule has 0 fully saturated rings. The maximum atomic E-state index is 13.1. The number of fused-ring (bicyclic) bond motifs is 3. The highest BCUT2D eigenvalue weighted by molar-refractivity contribution is 7.98. The van der Waals surface area contributed by atoms with E-state index in [2.05, 4.69) is 4.98 Å². The van der Waals surface area contributed by atoms with Crippen molar-refractivity contribution >= 4 is 33.6 Å². The third kappa shape index (κ3) is 2.23. The lowest BCUT2D eigenvalue weighted by Gasteiger charge is -2.13. The lowest BCUT2D eigenvalue weighted by atomic mass is 10.1. The Labute approximate surface area is 137 Å². The summed E-state index contributed by atoms with van der Waals surface area (Å²) in [4.78, 5) is 17.7. The molecule has 0 atom stereocenters. The monoisotopic (exact) mass is 318 g/mol. The van der Waals surface area contributed by atoms with Gasteiger partial charge in [0.15, 0.2) is 0 Å². The van der Waals surface area contributed by atoms with Crippen molar-refractivity contribution in [2.75, 3.05) is 6.26 Å². The third-order valence-electron chi connectivity index (χ3n) is 3.93. The van der Waals surface area contributed by atoms with Gasteiger partial charge in [0, 0.05) is 16.5 Å². The average molecular weight is 318 g/mol. The van der Waals surface area contributed by atoms with Gasteiger partial charge in [0.2, 0.25) is 0 Å². The molecule has 0 unspecified atom stereocenters. The molecule has 0 aliphatic heterocycles. The molecular formula is C19H14N2OS. The number of hydrogen-bond donors (Lipinski definition) is 0. The predicted octanol–water partition coefficient (Wildman–Crippen LogP) is 4.26. The Balaban J connectivity index is 2.23. The van der Waals surface area contributed by atoms with Gasteiger partial charge in [0.1, 0.15) is 5.52 Å². The normalized spacial score (nSPS) is 11.2. The van der Waals surface area contributed by atoms with Crippen LogP contribution in [0.4, 0.5) is 0 Å². The zero-order valence-electron chi connectivity index (χ0n) is 12.6. The number of pyridine rings is 2. The molecule has 4 heteroatoms. The number of hydrogen-bond acceptors (Lipinski definition) is 3. The van der Waals surface area contributed by atoms with E-state index in [0.717, 1.165) is 27.0 Å². The molecule has 2 aromatic carbocycles. The number of rotatable bonds is 2. The van der Waals surface area contributed by atoms with Crippen molar-refractivity contribution < 1.29 is 0 Å². The summed E-state index contributed by atoms with van der Waals surface area (Å²) in [5.74, 6) is 0. The Kier molecular flexibility index (Phi) is 3.39. The number of thioether (sulfide) groups is 1. The van der Waals surface area contributed by atoms with Crippen LogP contribution in [0.15, 0.2) is 76.6 Å². The first-order chi connectivity index (χ1) is 11.3. The lowest BCUT2D eigenvalue weighted by molar-refractivity contribution is 1.04. The van der Waals surface area contributed by atoms with Gasteiger partial charge in [-0.3, -0.25) is 9.36 Å². The largest absolute Gasteiger partial charge is 0.282 e. The minimum absolute atomic E-state index is 0.0826. The van der Waals surface area contributed by atoms with Gasteiger partial charge >= 0.3 is 0 Å². The standard InChI is InChI=1S/C19H14N2OS/c1-23-17-12-11-15-14-9-5-6-10-16(14)21(19(22)18(15)20-17)13-7-3-2-4-8-13/h2-12H,1H3. The van der Waals surface area contributed by atoms with Crippen LogP contribution in [0.5, 0.6) is 0 Å². The van der Waals surface area contributed by atoms with E-state index < -0.39 is 0 Å². The second-order valence-corrected chi connectivity index (χ2v) is 6.07. The molecule has 112 valence electrons. The second-order valence-electron chi connectivity index (χ2n) is 5.24. The Morgan fingerprint density at radius 1 is 0.870 bits per heavy atom. The van der Waals surface area contributed by atoms with Crippen LogP contribution in [0.25, 0.3) is 27.5 Å². The molecule has 0 radical (unpaired) electrons. The predicted molar refractivity (Wildman–Crippen MR) is 96.6 cm³/mol. The third-order valence-corrected chi connectivity index (χ3v) is 4.58. The minimum atomic E-state index is -0.0826. The molecular weight excluding hydrogens is 304 g/mol. The van der Waals surface area contributed by atoms with Crippen LogP contribution in [0.3, 0.4) is 0 Å². The van der Waals surface area contributed by atoms with Gasteiger partial charge in [-0.25, -0.2) is 4.98 Å². The van der Waals surface area contributed by atoms with E-state index in [0.29, 0.717) is 5.52 Å². The Hall–Kier alpha value is -2.59. The molecule has 0 bridgehead atoms. The molecule has 0 saturated heterocycles. The fraction of sp³-hybridized carbons (Fsp3) is 0.0526. The first kappa shape index (κ1) is 14.0. The van der Waals surface area contributed by atoms with Crippen molar-refractivity contribution in [1.82, 2.24) is 9.55 Å². The topological polar surface area (TPSA) is 34.9 Å². The number of para-hydroxylation sites is 2. The summed E-state index contributed by atoms with van der Waals surface area (Å²) in [5.41, 5.74) is 2.18. The highest BCUT2D eigenvalue weighted by Crippen LogP contribution is 2.25. The smallest absolute Gasteiger partial charge is 0.275 e. The van der Waals surface area contributed by atoms with E-state index >= 15 is 0 Å². The van der Waals surface area contributed by atoms with E-state index in [1.54, 1.807) is 16.3 Å². The van der Waals surface area contributed by atoms with Crippen molar-refractivity contribution in [1.29, 1.82) is 0 Å². The second kappa shape index (κ2) is 5.56. The Morgan fingerprint density at radius 2 is 1.61 bits per heavy atom. The van der Waals surface area contributed by atoms with E-state index in [9.17, 15) is 4.79 Å². The van der Waals surface area contributed by atoms with Crippen LogP contribution in [-0.4, -0.2) is 15.8 Å². The molecule has 0 amide bonds. The maximum absolute atomic E-state index is 13.1. The average Bonchev–Trinajstić information content (AvgIpc) is 2.62. The summed E-state index contributed by atoms with van der Waals surface area (Å²) in [6, 6.07) is 21.6. The number of aromatic nitrogens is 2. The molecule has 4 rings (SSSR count). The van der Waals surface area contributed by atoms with Gasteiger partial charge in [-0.1, -0.05) is 36.4 Å². The van der Waals surface area contributed by atoms with E-state index in [1.165, 1.54) is 0 Å². The van der Waals surface area contributed by atoms with Gasteiger partial charge in [-0.05, 0) is 36.6 Å². The molecule has 4 aromatic rings. The molecule has 0 spiro atoms. The molecule has 3 nitrogen and oxygen atoms in total. The summed E-state index contributed by atoms with van der Waals surface area (Å²) >= 11 is 1.54. The van der Waals surface area contributed by atoms with Crippen LogP contribution in [0.2, 0.25) is 0 Å².